The maximum Gasteiger partial charge on any atom is 0.249 e. The van der Waals surface area contributed by atoms with Gasteiger partial charge in [-0.2, -0.15) is 10.1 Å². The molecule has 140 valence electrons. The van der Waals surface area contributed by atoms with Crippen LogP contribution in [0.2, 0.25) is 0 Å². The standard InChI is InChI=1S/C21H25N5O/c1-4-16-7-6-8-17(5-2)20(16)25-21-24-19(14-23-26-21)22-13-15-9-11-18(27-3)12-10-15/h6-12,14H,4-5,13H2,1-3H3,(H2,22,24,25,26). The maximum atomic E-state index is 5.18. The van der Waals surface area contributed by atoms with Crippen molar-refractivity contribution in [3.63, 3.8) is 0 Å². The molecule has 1 heterocycles. The van der Waals surface area contributed by atoms with Crippen LogP contribution in [0.5, 0.6) is 5.75 Å². The normalized spacial score (nSPS) is 10.5. The van der Waals surface area contributed by atoms with Gasteiger partial charge in [0.05, 0.1) is 13.3 Å². The largest absolute Gasteiger partial charge is 0.497 e. The molecule has 3 aromatic rings. The third kappa shape index (κ3) is 4.73. The second-order valence-electron chi connectivity index (χ2n) is 6.15. The van der Waals surface area contributed by atoms with E-state index in [9.17, 15) is 0 Å². The van der Waals surface area contributed by atoms with E-state index in [1.165, 1.54) is 11.1 Å². The predicted octanol–water partition coefficient (Wildman–Crippen LogP) is 4.36. The highest BCUT2D eigenvalue weighted by Crippen LogP contribution is 2.25. The topological polar surface area (TPSA) is 72.0 Å². The Balaban J connectivity index is 1.72. The first kappa shape index (κ1) is 18.6. The molecule has 0 aliphatic heterocycles. The second-order valence-corrected chi connectivity index (χ2v) is 6.15. The molecular weight excluding hydrogens is 338 g/mol. The number of ether oxygens (including phenoxy) is 1. The van der Waals surface area contributed by atoms with Crippen LogP contribution in [0.15, 0.2) is 48.7 Å². The molecule has 0 saturated heterocycles. The van der Waals surface area contributed by atoms with E-state index < -0.39 is 0 Å². The average Bonchev–Trinajstić information content (AvgIpc) is 2.73. The van der Waals surface area contributed by atoms with Crippen molar-refractivity contribution >= 4 is 17.5 Å². The summed E-state index contributed by atoms with van der Waals surface area (Å²) in [5, 5.41) is 14.9. The second kappa shape index (κ2) is 8.98. The quantitative estimate of drug-likeness (QED) is 0.619. The number of nitrogens with zero attached hydrogens (tertiary/aromatic N) is 3. The number of hydrogen-bond donors (Lipinski definition) is 2. The summed E-state index contributed by atoms with van der Waals surface area (Å²) >= 11 is 0. The number of rotatable bonds is 8. The van der Waals surface area contributed by atoms with Crippen molar-refractivity contribution in [2.45, 2.75) is 33.2 Å². The van der Waals surface area contributed by atoms with Gasteiger partial charge in [0.15, 0.2) is 5.82 Å². The minimum Gasteiger partial charge on any atom is -0.497 e. The fraction of sp³-hybridized carbons (Fsp3) is 0.286. The van der Waals surface area contributed by atoms with Crippen LogP contribution in [-0.2, 0) is 19.4 Å². The lowest BCUT2D eigenvalue weighted by Crippen LogP contribution is -2.07. The highest BCUT2D eigenvalue weighted by Gasteiger charge is 2.09. The molecule has 0 amide bonds. The number of aromatic nitrogens is 3. The molecule has 0 aliphatic rings. The van der Waals surface area contributed by atoms with Crippen molar-refractivity contribution in [3.05, 3.63) is 65.4 Å². The zero-order valence-electron chi connectivity index (χ0n) is 16.0. The Labute approximate surface area is 160 Å². The van der Waals surface area contributed by atoms with Gasteiger partial charge >= 0.3 is 0 Å². The first-order valence-corrected chi connectivity index (χ1v) is 9.17. The highest BCUT2D eigenvalue weighted by atomic mass is 16.5. The molecule has 6 nitrogen and oxygen atoms in total. The minimum absolute atomic E-state index is 0.491. The Bertz CT molecular complexity index is 858. The summed E-state index contributed by atoms with van der Waals surface area (Å²) in [7, 11) is 1.66. The van der Waals surface area contributed by atoms with Crippen molar-refractivity contribution in [2.24, 2.45) is 0 Å². The minimum atomic E-state index is 0.491. The van der Waals surface area contributed by atoms with Crippen LogP contribution in [0.3, 0.4) is 0 Å². The lowest BCUT2D eigenvalue weighted by Gasteiger charge is -2.14. The van der Waals surface area contributed by atoms with Crippen molar-refractivity contribution in [3.8, 4) is 5.75 Å². The Kier molecular flexibility index (Phi) is 6.20. The number of para-hydroxylation sites is 1. The van der Waals surface area contributed by atoms with Gasteiger partial charge < -0.3 is 15.4 Å². The highest BCUT2D eigenvalue weighted by molar-refractivity contribution is 5.64. The summed E-state index contributed by atoms with van der Waals surface area (Å²) in [5.41, 5.74) is 4.70. The van der Waals surface area contributed by atoms with Crippen molar-refractivity contribution < 1.29 is 4.74 Å². The van der Waals surface area contributed by atoms with Crippen LogP contribution >= 0.6 is 0 Å². The molecule has 0 radical (unpaired) electrons. The molecule has 6 heteroatoms. The monoisotopic (exact) mass is 363 g/mol. The SMILES string of the molecule is CCc1cccc(CC)c1Nc1nncc(NCc2ccc(OC)cc2)n1. The fourth-order valence-electron chi connectivity index (χ4n) is 2.89. The third-order valence-electron chi connectivity index (χ3n) is 4.43. The Morgan fingerprint density at radius 3 is 2.30 bits per heavy atom. The van der Waals surface area contributed by atoms with Crippen molar-refractivity contribution in [2.75, 3.05) is 17.7 Å². The van der Waals surface area contributed by atoms with Crippen LogP contribution in [-0.4, -0.2) is 22.3 Å². The lowest BCUT2D eigenvalue weighted by atomic mass is 10.0. The number of aryl methyl sites for hydroxylation is 2. The number of benzene rings is 2. The molecule has 27 heavy (non-hydrogen) atoms. The molecule has 0 atom stereocenters. The van der Waals surface area contributed by atoms with Gasteiger partial charge in [0.25, 0.3) is 0 Å². The first-order chi connectivity index (χ1) is 13.2. The van der Waals surface area contributed by atoms with Gasteiger partial charge in [-0.05, 0) is 41.7 Å². The summed E-state index contributed by atoms with van der Waals surface area (Å²) in [6.07, 6.45) is 3.51. The van der Waals surface area contributed by atoms with Crippen molar-refractivity contribution in [1.29, 1.82) is 0 Å². The first-order valence-electron chi connectivity index (χ1n) is 9.17. The molecule has 2 N–H and O–H groups in total. The maximum absolute atomic E-state index is 5.18. The zero-order chi connectivity index (χ0) is 19.1. The van der Waals surface area contributed by atoms with E-state index in [4.69, 9.17) is 4.74 Å². The van der Waals surface area contributed by atoms with E-state index in [-0.39, 0.29) is 0 Å². The van der Waals surface area contributed by atoms with Crippen molar-refractivity contribution in [1.82, 2.24) is 15.2 Å². The number of hydrogen-bond acceptors (Lipinski definition) is 6. The van der Waals surface area contributed by atoms with Gasteiger partial charge in [0.2, 0.25) is 5.95 Å². The average molecular weight is 363 g/mol. The number of nitrogens with one attached hydrogen (secondary N) is 2. The molecular formula is C21H25N5O. The molecule has 1 aromatic heterocycles. The number of anilines is 3. The smallest absolute Gasteiger partial charge is 0.249 e. The van der Waals surface area contributed by atoms with Gasteiger partial charge in [-0.25, -0.2) is 0 Å². The van der Waals surface area contributed by atoms with E-state index in [0.717, 1.165) is 29.8 Å². The molecule has 0 unspecified atom stereocenters. The Hall–Kier alpha value is -3.15. The summed E-state index contributed by atoms with van der Waals surface area (Å²) in [6.45, 7) is 4.94. The lowest BCUT2D eigenvalue weighted by molar-refractivity contribution is 0.414. The van der Waals surface area contributed by atoms with Gasteiger partial charge in [0.1, 0.15) is 5.75 Å². The summed E-state index contributed by atoms with van der Waals surface area (Å²) in [5.74, 6) is 2.01. The molecule has 0 fully saturated rings. The molecule has 0 saturated carbocycles. The van der Waals surface area contributed by atoms with Gasteiger partial charge in [0, 0.05) is 12.2 Å². The zero-order valence-corrected chi connectivity index (χ0v) is 16.0. The molecule has 3 rings (SSSR count). The van der Waals surface area contributed by atoms with Crippen LogP contribution in [0.25, 0.3) is 0 Å². The van der Waals surface area contributed by atoms with E-state index in [1.54, 1.807) is 13.3 Å². The van der Waals surface area contributed by atoms with E-state index in [0.29, 0.717) is 18.3 Å². The van der Waals surface area contributed by atoms with Gasteiger partial charge in [-0.3, -0.25) is 0 Å². The van der Waals surface area contributed by atoms with Gasteiger partial charge in [-0.15, -0.1) is 5.10 Å². The van der Waals surface area contributed by atoms with Gasteiger partial charge in [-0.1, -0.05) is 44.2 Å². The fourth-order valence-corrected chi connectivity index (χ4v) is 2.89. The van der Waals surface area contributed by atoms with Crippen LogP contribution < -0.4 is 15.4 Å². The third-order valence-corrected chi connectivity index (χ3v) is 4.43. The molecule has 0 bridgehead atoms. The van der Waals surface area contributed by atoms with Crippen LogP contribution in [0, 0.1) is 0 Å². The Morgan fingerprint density at radius 2 is 1.67 bits per heavy atom. The molecule has 0 spiro atoms. The summed E-state index contributed by atoms with van der Waals surface area (Å²) in [6, 6.07) is 14.3. The van der Waals surface area contributed by atoms with E-state index >= 15 is 0 Å². The molecule has 2 aromatic carbocycles. The summed E-state index contributed by atoms with van der Waals surface area (Å²) < 4.78 is 5.18. The van der Waals surface area contributed by atoms with Crippen LogP contribution in [0.4, 0.5) is 17.5 Å². The predicted molar refractivity (Wildman–Crippen MR) is 109 cm³/mol. The van der Waals surface area contributed by atoms with E-state index in [2.05, 4.69) is 57.9 Å². The molecule has 0 aliphatic carbocycles. The summed E-state index contributed by atoms with van der Waals surface area (Å²) in [4.78, 5) is 4.55. The number of methoxy groups -OCH3 is 1. The van der Waals surface area contributed by atoms with Crippen LogP contribution in [0.1, 0.15) is 30.5 Å². The van der Waals surface area contributed by atoms with E-state index in [1.807, 2.05) is 24.3 Å². The Morgan fingerprint density at radius 1 is 0.963 bits per heavy atom.